The summed E-state index contributed by atoms with van der Waals surface area (Å²) in [5, 5.41) is 9.48. The Morgan fingerprint density at radius 3 is 2.35 bits per heavy atom. The number of hydrogen-bond donors (Lipinski definition) is 2. The summed E-state index contributed by atoms with van der Waals surface area (Å²) in [6, 6.07) is 5.37. The summed E-state index contributed by atoms with van der Waals surface area (Å²) in [6.45, 7) is 0. The summed E-state index contributed by atoms with van der Waals surface area (Å²) in [5.74, 6) is -3.42. The third-order valence-corrected chi connectivity index (χ3v) is 1.91. The summed E-state index contributed by atoms with van der Waals surface area (Å²) in [5.41, 5.74) is 2.44. The predicted octanol–water partition coefficient (Wildman–Crippen LogP) is -0.374. The van der Waals surface area contributed by atoms with Crippen LogP contribution in [0.1, 0.15) is 10.4 Å². The monoisotopic (exact) mass is 238 g/mol. The highest BCUT2D eigenvalue weighted by molar-refractivity contribution is 6.30. The summed E-state index contributed by atoms with van der Waals surface area (Å²) < 4.78 is 0. The van der Waals surface area contributed by atoms with Crippen LogP contribution in [0.25, 0.3) is 0 Å². The van der Waals surface area contributed by atoms with Crippen LogP contribution >= 0.6 is 0 Å². The van der Waals surface area contributed by atoms with Gasteiger partial charge in [-0.1, -0.05) is 0 Å². The number of hydrazine groups is 1. The summed E-state index contributed by atoms with van der Waals surface area (Å²) in [4.78, 5) is 41.0. The first kappa shape index (κ1) is 10.9. The highest BCUT2D eigenvalue weighted by atomic mass is 16.9. The van der Waals surface area contributed by atoms with E-state index in [1.54, 1.807) is 0 Å². The molecule has 8 nitrogen and oxygen atoms in total. The average molecular weight is 238 g/mol. The molecule has 17 heavy (non-hydrogen) atoms. The van der Waals surface area contributed by atoms with Crippen molar-refractivity contribution in [3.63, 3.8) is 0 Å². The Hall–Kier alpha value is -2.61. The van der Waals surface area contributed by atoms with Crippen molar-refractivity contribution in [3.05, 3.63) is 29.8 Å². The Kier molecular flexibility index (Phi) is 2.63. The van der Waals surface area contributed by atoms with Crippen LogP contribution in [0.2, 0.25) is 0 Å². The van der Waals surface area contributed by atoms with Crippen LogP contribution in [0.5, 0.6) is 0 Å². The molecule has 1 aromatic rings. The third-order valence-electron chi connectivity index (χ3n) is 1.91. The normalized spacial score (nSPS) is 15.2. The van der Waals surface area contributed by atoms with Crippen molar-refractivity contribution in [1.82, 2.24) is 5.59 Å². The molecule has 1 aliphatic heterocycles. The molecular weight excluding hydrogens is 232 g/mol. The number of carboxylic acid groups (broad SMARTS) is 1. The molecule has 0 amide bonds. The van der Waals surface area contributed by atoms with Crippen LogP contribution in [0.15, 0.2) is 24.3 Å². The lowest BCUT2D eigenvalue weighted by atomic mass is 10.2. The van der Waals surface area contributed by atoms with Gasteiger partial charge in [-0.15, -0.1) is 5.17 Å². The zero-order valence-corrected chi connectivity index (χ0v) is 8.25. The summed E-state index contributed by atoms with van der Waals surface area (Å²) in [6.07, 6.45) is 0. The zero-order valence-electron chi connectivity index (χ0n) is 8.25. The van der Waals surface area contributed by atoms with E-state index in [0.29, 0.717) is 5.69 Å². The maximum absolute atomic E-state index is 10.9. The van der Waals surface area contributed by atoms with Crippen molar-refractivity contribution in [2.75, 3.05) is 5.17 Å². The number of aromatic carboxylic acids is 1. The predicted molar refractivity (Wildman–Crippen MR) is 51.2 cm³/mol. The molecule has 0 radical (unpaired) electrons. The topological polar surface area (TPSA) is 105 Å². The molecule has 0 saturated carbocycles. The van der Waals surface area contributed by atoms with Crippen LogP contribution in [-0.4, -0.2) is 23.0 Å². The molecule has 1 aromatic carbocycles. The lowest BCUT2D eigenvalue weighted by molar-refractivity contribution is -0.192. The summed E-state index contributed by atoms with van der Waals surface area (Å²) >= 11 is 0. The second kappa shape index (κ2) is 4.10. The van der Waals surface area contributed by atoms with Crippen LogP contribution in [0.3, 0.4) is 0 Å². The number of carbonyl (C=O) groups excluding carboxylic acids is 2. The first-order valence-corrected chi connectivity index (χ1v) is 4.40. The third kappa shape index (κ3) is 2.16. The number of nitrogens with one attached hydrogen (secondary N) is 1. The molecule has 0 spiro atoms. The fourth-order valence-corrected chi connectivity index (χ4v) is 1.11. The van der Waals surface area contributed by atoms with Gasteiger partial charge in [-0.2, -0.15) is 0 Å². The van der Waals surface area contributed by atoms with Gasteiger partial charge in [0.05, 0.1) is 11.3 Å². The highest BCUT2D eigenvalue weighted by Crippen LogP contribution is 2.15. The van der Waals surface area contributed by atoms with Crippen LogP contribution in [-0.2, 0) is 19.3 Å². The molecule has 1 saturated heterocycles. The average Bonchev–Trinajstić information content (AvgIpc) is 2.33. The molecule has 8 heteroatoms. The first-order chi connectivity index (χ1) is 8.08. The first-order valence-electron chi connectivity index (χ1n) is 4.40. The van der Waals surface area contributed by atoms with E-state index in [9.17, 15) is 14.4 Å². The number of benzene rings is 1. The van der Waals surface area contributed by atoms with Crippen molar-refractivity contribution in [2.24, 2.45) is 0 Å². The molecule has 0 atom stereocenters. The van der Waals surface area contributed by atoms with Gasteiger partial charge in [0, 0.05) is 0 Å². The standard InChI is InChI=1S/C9H6N2O6/c12-7(13)5-1-3-6(4-2-5)11-10-16-8(14)9(15)17-11/h1-4,10H,(H,12,13). The van der Waals surface area contributed by atoms with E-state index in [-0.39, 0.29) is 5.56 Å². The number of nitrogens with zero attached hydrogens (tertiary/aromatic N) is 1. The fraction of sp³-hybridized carbons (Fsp3) is 0. The minimum Gasteiger partial charge on any atom is -0.478 e. The van der Waals surface area contributed by atoms with Gasteiger partial charge in [-0.05, 0) is 29.9 Å². The quantitative estimate of drug-likeness (QED) is 0.672. The lowest BCUT2D eigenvalue weighted by Crippen LogP contribution is -2.49. The van der Waals surface area contributed by atoms with E-state index in [1.165, 1.54) is 24.3 Å². The largest absolute Gasteiger partial charge is 0.478 e. The van der Waals surface area contributed by atoms with E-state index in [4.69, 9.17) is 5.11 Å². The van der Waals surface area contributed by atoms with Gasteiger partial charge in [0.25, 0.3) is 0 Å². The van der Waals surface area contributed by atoms with Crippen molar-refractivity contribution < 1.29 is 29.2 Å². The smallest absolute Gasteiger partial charge is 0.444 e. The molecule has 0 aromatic heterocycles. The summed E-state index contributed by atoms with van der Waals surface area (Å²) in [7, 11) is 0. The lowest BCUT2D eigenvalue weighted by Gasteiger charge is -2.25. The minimum absolute atomic E-state index is 0.0779. The maximum atomic E-state index is 10.9. The molecule has 0 aliphatic carbocycles. The molecule has 0 unspecified atom stereocenters. The van der Waals surface area contributed by atoms with Gasteiger partial charge in [-0.25, -0.2) is 14.4 Å². The SMILES string of the molecule is O=C1ONN(c2ccc(C(=O)O)cc2)OC1=O. The molecule has 88 valence electrons. The van der Waals surface area contributed by atoms with Gasteiger partial charge < -0.3 is 14.8 Å². The molecule has 1 aliphatic rings. The van der Waals surface area contributed by atoms with E-state index >= 15 is 0 Å². The molecule has 1 fully saturated rings. The highest BCUT2D eigenvalue weighted by Gasteiger charge is 2.29. The molecule has 1 heterocycles. The van der Waals surface area contributed by atoms with Crippen LogP contribution < -0.4 is 10.8 Å². The molecule has 2 N–H and O–H groups in total. The fourth-order valence-electron chi connectivity index (χ4n) is 1.11. The Bertz CT molecular complexity index is 483. The van der Waals surface area contributed by atoms with Crippen molar-refractivity contribution in [1.29, 1.82) is 0 Å². The van der Waals surface area contributed by atoms with Crippen molar-refractivity contribution in [3.8, 4) is 0 Å². The van der Waals surface area contributed by atoms with Gasteiger partial charge in [0.15, 0.2) is 0 Å². The van der Waals surface area contributed by atoms with E-state index in [0.717, 1.165) is 5.17 Å². The number of anilines is 1. The van der Waals surface area contributed by atoms with Gasteiger partial charge in [0.1, 0.15) is 0 Å². The van der Waals surface area contributed by atoms with Crippen LogP contribution in [0.4, 0.5) is 5.69 Å². The van der Waals surface area contributed by atoms with Gasteiger partial charge >= 0.3 is 17.9 Å². The van der Waals surface area contributed by atoms with Crippen molar-refractivity contribution in [2.45, 2.75) is 0 Å². The number of carbonyl (C=O) groups is 3. The number of hydrogen-bond acceptors (Lipinski definition) is 7. The number of carboxylic acids is 1. The Balaban J connectivity index is 2.15. The maximum Gasteiger partial charge on any atom is 0.444 e. The van der Waals surface area contributed by atoms with Crippen molar-refractivity contribution >= 4 is 23.6 Å². The Labute approximate surface area is 94.2 Å². The minimum atomic E-state index is -1.17. The molecular formula is C9H6N2O6. The Morgan fingerprint density at radius 2 is 1.82 bits per heavy atom. The molecule has 0 bridgehead atoms. The molecule has 2 rings (SSSR count). The Morgan fingerprint density at radius 1 is 1.18 bits per heavy atom. The second-order valence-corrected chi connectivity index (χ2v) is 3.01. The van der Waals surface area contributed by atoms with E-state index < -0.39 is 17.9 Å². The van der Waals surface area contributed by atoms with Gasteiger partial charge in [0.2, 0.25) is 0 Å². The zero-order chi connectivity index (χ0) is 12.4. The van der Waals surface area contributed by atoms with E-state index in [2.05, 4.69) is 15.3 Å². The second-order valence-electron chi connectivity index (χ2n) is 3.01. The van der Waals surface area contributed by atoms with Crippen LogP contribution in [0, 0.1) is 0 Å². The van der Waals surface area contributed by atoms with Gasteiger partial charge in [-0.3, -0.25) is 0 Å². The number of rotatable bonds is 2. The van der Waals surface area contributed by atoms with E-state index in [1.807, 2.05) is 0 Å².